The molecule has 0 bridgehead atoms. The predicted octanol–water partition coefficient (Wildman–Crippen LogP) is 1.64. The number of aromatic amines is 1. The first-order valence-electron chi connectivity index (χ1n) is 6.33. The molecule has 19 heavy (non-hydrogen) atoms. The molecule has 0 radical (unpaired) electrons. The van der Waals surface area contributed by atoms with E-state index in [-0.39, 0.29) is 11.9 Å². The standard InChI is InChI=1S/C14H19N3O2/c1-8(5-9(2)18)17-14(19)12-7-16-13-4-3-10(15)6-11(12)13/h3-4,6-9,16,18H,5,15H2,1-2H3,(H,17,19). The monoisotopic (exact) mass is 261 g/mol. The Morgan fingerprint density at radius 3 is 2.89 bits per heavy atom. The quantitative estimate of drug-likeness (QED) is 0.630. The first-order valence-corrected chi connectivity index (χ1v) is 6.33. The number of H-pyrrole nitrogens is 1. The molecule has 5 nitrogen and oxygen atoms in total. The number of rotatable bonds is 4. The van der Waals surface area contributed by atoms with Gasteiger partial charge in [0.05, 0.1) is 11.7 Å². The summed E-state index contributed by atoms with van der Waals surface area (Å²) in [6.45, 7) is 3.57. The lowest BCUT2D eigenvalue weighted by Crippen LogP contribution is -2.34. The molecular formula is C14H19N3O2. The van der Waals surface area contributed by atoms with Crippen molar-refractivity contribution in [1.29, 1.82) is 0 Å². The summed E-state index contributed by atoms with van der Waals surface area (Å²) in [4.78, 5) is 15.2. The van der Waals surface area contributed by atoms with Crippen LogP contribution >= 0.6 is 0 Å². The van der Waals surface area contributed by atoms with Crippen LogP contribution < -0.4 is 11.1 Å². The fourth-order valence-corrected chi connectivity index (χ4v) is 2.20. The van der Waals surface area contributed by atoms with Gasteiger partial charge in [-0.15, -0.1) is 0 Å². The highest BCUT2D eigenvalue weighted by Gasteiger charge is 2.15. The van der Waals surface area contributed by atoms with E-state index in [2.05, 4.69) is 10.3 Å². The lowest BCUT2D eigenvalue weighted by atomic mass is 10.1. The van der Waals surface area contributed by atoms with Crippen LogP contribution in [0.25, 0.3) is 10.9 Å². The molecule has 0 saturated carbocycles. The second-order valence-electron chi connectivity index (χ2n) is 4.97. The molecule has 2 rings (SSSR count). The van der Waals surface area contributed by atoms with Gasteiger partial charge in [0.1, 0.15) is 0 Å². The normalized spacial score (nSPS) is 14.3. The van der Waals surface area contributed by atoms with Gasteiger partial charge in [-0.2, -0.15) is 0 Å². The van der Waals surface area contributed by atoms with E-state index in [0.29, 0.717) is 17.7 Å². The van der Waals surface area contributed by atoms with Crippen LogP contribution in [0.3, 0.4) is 0 Å². The van der Waals surface area contributed by atoms with E-state index in [9.17, 15) is 9.90 Å². The Hall–Kier alpha value is -2.01. The van der Waals surface area contributed by atoms with Crippen LogP contribution in [-0.4, -0.2) is 28.1 Å². The Balaban J connectivity index is 2.19. The number of fused-ring (bicyclic) bond motifs is 1. The second-order valence-corrected chi connectivity index (χ2v) is 4.97. The fourth-order valence-electron chi connectivity index (χ4n) is 2.20. The molecule has 1 amide bonds. The number of nitrogens with one attached hydrogen (secondary N) is 2. The number of hydrogen-bond acceptors (Lipinski definition) is 3. The van der Waals surface area contributed by atoms with Crippen molar-refractivity contribution in [2.45, 2.75) is 32.4 Å². The number of aromatic nitrogens is 1. The summed E-state index contributed by atoms with van der Waals surface area (Å²) in [7, 11) is 0. The largest absolute Gasteiger partial charge is 0.399 e. The van der Waals surface area contributed by atoms with Crippen LogP contribution in [0.2, 0.25) is 0 Å². The maximum absolute atomic E-state index is 12.2. The minimum absolute atomic E-state index is 0.0847. The van der Waals surface area contributed by atoms with E-state index in [1.54, 1.807) is 25.3 Å². The van der Waals surface area contributed by atoms with Gasteiger partial charge in [0, 0.05) is 28.8 Å². The van der Waals surface area contributed by atoms with Crippen molar-refractivity contribution in [3.8, 4) is 0 Å². The molecule has 5 N–H and O–H groups in total. The third kappa shape index (κ3) is 3.06. The lowest BCUT2D eigenvalue weighted by Gasteiger charge is -2.15. The van der Waals surface area contributed by atoms with Gasteiger partial charge in [-0.1, -0.05) is 0 Å². The molecule has 2 unspecified atom stereocenters. The third-order valence-electron chi connectivity index (χ3n) is 3.02. The highest BCUT2D eigenvalue weighted by atomic mass is 16.3. The van der Waals surface area contributed by atoms with E-state index in [1.807, 2.05) is 13.0 Å². The fraction of sp³-hybridized carbons (Fsp3) is 0.357. The number of amides is 1. The molecule has 0 spiro atoms. The summed E-state index contributed by atoms with van der Waals surface area (Å²) >= 11 is 0. The summed E-state index contributed by atoms with van der Waals surface area (Å²) in [5.74, 6) is -0.162. The van der Waals surface area contributed by atoms with E-state index in [1.165, 1.54) is 0 Å². The molecular weight excluding hydrogens is 242 g/mol. The third-order valence-corrected chi connectivity index (χ3v) is 3.02. The number of aliphatic hydroxyl groups is 1. The van der Waals surface area contributed by atoms with Crippen LogP contribution in [0.1, 0.15) is 30.6 Å². The van der Waals surface area contributed by atoms with Crippen LogP contribution in [0.5, 0.6) is 0 Å². The smallest absolute Gasteiger partial charge is 0.253 e. The molecule has 2 atom stereocenters. The van der Waals surface area contributed by atoms with E-state index >= 15 is 0 Å². The van der Waals surface area contributed by atoms with Gasteiger partial charge in [-0.25, -0.2) is 0 Å². The molecule has 0 aliphatic carbocycles. The van der Waals surface area contributed by atoms with Crippen molar-refractivity contribution < 1.29 is 9.90 Å². The van der Waals surface area contributed by atoms with Gasteiger partial charge in [0.15, 0.2) is 0 Å². The maximum atomic E-state index is 12.2. The molecule has 5 heteroatoms. The Bertz CT molecular complexity index is 589. The summed E-state index contributed by atoms with van der Waals surface area (Å²) < 4.78 is 0. The van der Waals surface area contributed by atoms with Gasteiger partial charge >= 0.3 is 0 Å². The van der Waals surface area contributed by atoms with Gasteiger partial charge in [0.2, 0.25) is 0 Å². The lowest BCUT2D eigenvalue weighted by molar-refractivity contribution is 0.0924. The van der Waals surface area contributed by atoms with Gasteiger partial charge < -0.3 is 21.1 Å². The highest BCUT2D eigenvalue weighted by Crippen LogP contribution is 2.21. The van der Waals surface area contributed by atoms with Gasteiger partial charge in [0.25, 0.3) is 5.91 Å². The number of benzene rings is 1. The highest BCUT2D eigenvalue weighted by molar-refractivity contribution is 6.07. The topological polar surface area (TPSA) is 91.1 Å². The van der Waals surface area contributed by atoms with Crippen LogP contribution in [0, 0.1) is 0 Å². The molecule has 1 heterocycles. The van der Waals surface area contributed by atoms with Crippen molar-refractivity contribution in [3.63, 3.8) is 0 Å². The zero-order valence-corrected chi connectivity index (χ0v) is 11.1. The molecule has 0 saturated heterocycles. The molecule has 1 aromatic carbocycles. The predicted molar refractivity (Wildman–Crippen MR) is 75.9 cm³/mol. The van der Waals surface area contributed by atoms with Crippen molar-refractivity contribution >= 4 is 22.5 Å². The summed E-state index contributed by atoms with van der Waals surface area (Å²) in [6.07, 6.45) is 1.76. The number of nitrogens with two attached hydrogens (primary N) is 1. The Morgan fingerprint density at radius 2 is 2.21 bits per heavy atom. The van der Waals surface area contributed by atoms with Gasteiger partial charge in [-0.3, -0.25) is 4.79 Å². The molecule has 0 fully saturated rings. The van der Waals surface area contributed by atoms with Crippen LogP contribution in [0.15, 0.2) is 24.4 Å². The van der Waals surface area contributed by atoms with E-state index in [4.69, 9.17) is 5.73 Å². The number of anilines is 1. The average Bonchev–Trinajstić information content (AvgIpc) is 2.70. The number of carbonyl (C=O) groups excluding carboxylic acids is 1. The Kier molecular flexibility index (Phi) is 3.76. The van der Waals surface area contributed by atoms with Crippen LogP contribution in [0.4, 0.5) is 5.69 Å². The second kappa shape index (κ2) is 5.32. The maximum Gasteiger partial charge on any atom is 0.253 e. The van der Waals surface area contributed by atoms with Crippen molar-refractivity contribution in [3.05, 3.63) is 30.0 Å². The Morgan fingerprint density at radius 1 is 1.47 bits per heavy atom. The average molecular weight is 261 g/mol. The minimum atomic E-state index is -0.436. The zero-order valence-electron chi connectivity index (χ0n) is 11.1. The number of hydrogen-bond donors (Lipinski definition) is 4. The molecule has 2 aromatic rings. The van der Waals surface area contributed by atoms with Gasteiger partial charge in [-0.05, 0) is 38.5 Å². The zero-order chi connectivity index (χ0) is 14.0. The van der Waals surface area contributed by atoms with Crippen molar-refractivity contribution in [2.75, 3.05) is 5.73 Å². The van der Waals surface area contributed by atoms with E-state index < -0.39 is 6.10 Å². The number of carbonyl (C=O) groups is 1. The summed E-state index contributed by atoms with van der Waals surface area (Å²) in [6, 6.07) is 5.33. The van der Waals surface area contributed by atoms with Crippen molar-refractivity contribution in [1.82, 2.24) is 10.3 Å². The summed E-state index contributed by atoms with van der Waals surface area (Å²) in [5.41, 5.74) is 7.81. The SMILES string of the molecule is CC(O)CC(C)NC(=O)c1c[nH]c2ccc(N)cc12. The molecule has 0 aliphatic rings. The summed E-state index contributed by atoms with van der Waals surface area (Å²) in [5, 5.41) is 13.0. The first-order chi connectivity index (χ1) is 8.97. The number of nitrogen functional groups attached to an aromatic ring is 1. The van der Waals surface area contributed by atoms with E-state index in [0.717, 1.165) is 10.9 Å². The molecule has 1 aromatic heterocycles. The van der Waals surface area contributed by atoms with Crippen molar-refractivity contribution in [2.24, 2.45) is 0 Å². The number of aliphatic hydroxyl groups excluding tert-OH is 1. The first kappa shape index (κ1) is 13.4. The molecule has 0 aliphatic heterocycles. The van der Waals surface area contributed by atoms with Crippen LogP contribution in [-0.2, 0) is 0 Å². The molecule has 102 valence electrons. The minimum Gasteiger partial charge on any atom is -0.399 e. The Labute approximate surface area is 111 Å².